The van der Waals surface area contributed by atoms with Crippen molar-refractivity contribution in [2.45, 2.75) is 25.4 Å². The Morgan fingerprint density at radius 3 is 3.09 bits per heavy atom. The molecule has 116 valence electrons. The lowest BCUT2D eigenvalue weighted by Gasteiger charge is -2.16. The highest BCUT2D eigenvalue weighted by Crippen LogP contribution is 2.25. The first kappa shape index (κ1) is 13.7. The van der Waals surface area contributed by atoms with Gasteiger partial charge in [-0.3, -0.25) is 4.90 Å². The highest BCUT2D eigenvalue weighted by Gasteiger charge is 2.24. The number of fused-ring (bicyclic) bond motifs is 1. The largest absolute Gasteiger partial charge is 0.492 e. The van der Waals surface area contributed by atoms with Gasteiger partial charge in [-0.25, -0.2) is 0 Å². The fraction of sp³-hybridized carbons (Fsp3) is 0.500. The lowest BCUT2D eigenvalue weighted by molar-refractivity contribution is 0.192. The van der Waals surface area contributed by atoms with Crippen LogP contribution >= 0.6 is 0 Å². The summed E-state index contributed by atoms with van der Waals surface area (Å²) in [4.78, 5) is 6.80. The molecule has 4 rings (SSSR count). The summed E-state index contributed by atoms with van der Waals surface area (Å²) < 4.78 is 16.6. The fourth-order valence-corrected chi connectivity index (χ4v) is 2.94. The summed E-state index contributed by atoms with van der Waals surface area (Å²) in [6, 6.07) is 8.16. The van der Waals surface area contributed by atoms with Crippen molar-refractivity contribution in [1.82, 2.24) is 15.0 Å². The van der Waals surface area contributed by atoms with Crippen molar-refractivity contribution in [2.75, 3.05) is 26.4 Å². The smallest absolute Gasteiger partial charge is 0.240 e. The number of aromatic nitrogens is 2. The SMILES string of the molecule is c1ccc2c(c1)CN(Cc1nc([C@@H]3CCOC3)no1)CCO2. The molecule has 0 aliphatic carbocycles. The lowest BCUT2D eigenvalue weighted by atomic mass is 10.1. The number of rotatable bonds is 3. The zero-order valence-corrected chi connectivity index (χ0v) is 12.4. The van der Waals surface area contributed by atoms with Gasteiger partial charge in [-0.05, 0) is 12.5 Å². The predicted molar refractivity (Wildman–Crippen MR) is 78.5 cm³/mol. The Balaban J connectivity index is 1.45. The Morgan fingerprint density at radius 2 is 2.18 bits per heavy atom. The maximum atomic E-state index is 5.78. The minimum Gasteiger partial charge on any atom is -0.492 e. The van der Waals surface area contributed by atoms with E-state index in [1.54, 1.807) is 0 Å². The molecule has 1 aromatic heterocycles. The molecule has 2 aromatic rings. The first-order chi connectivity index (χ1) is 10.9. The van der Waals surface area contributed by atoms with E-state index in [-0.39, 0.29) is 5.92 Å². The van der Waals surface area contributed by atoms with Gasteiger partial charge in [0.15, 0.2) is 5.82 Å². The Labute approximate surface area is 129 Å². The first-order valence-electron chi connectivity index (χ1n) is 7.72. The first-order valence-corrected chi connectivity index (χ1v) is 7.72. The van der Waals surface area contributed by atoms with Crippen molar-refractivity contribution in [2.24, 2.45) is 0 Å². The van der Waals surface area contributed by atoms with Crippen LogP contribution < -0.4 is 4.74 Å². The van der Waals surface area contributed by atoms with Crippen LogP contribution in [0.5, 0.6) is 5.75 Å². The summed E-state index contributed by atoms with van der Waals surface area (Å²) in [6.07, 6.45) is 0.976. The second-order valence-electron chi connectivity index (χ2n) is 5.77. The summed E-state index contributed by atoms with van der Waals surface area (Å²) in [5.41, 5.74) is 1.20. The van der Waals surface area contributed by atoms with E-state index < -0.39 is 0 Å². The molecule has 1 atom stereocenters. The van der Waals surface area contributed by atoms with Crippen LogP contribution in [0.1, 0.15) is 29.6 Å². The fourth-order valence-electron chi connectivity index (χ4n) is 2.94. The van der Waals surface area contributed by atoms with Crippen LogP contribution in [-0.4, -0.2) is 41.4 Å². The average Bonchev–Trinajstić information content (AvgIpc) is 3.16. The van der Waals surface area contributed by atoms with Crippen LogP contribution in [0.4, 0.5) is 0 Å². The third-order valence-corrected chi connectivity index (χ3v) is 4.17. The van der Waals surface area contributed by atoms with Crippen LogP contribution in [0.3, 0.4) is 0 Å². The van der Waals surface area contributed by atoms with Crippen molar-refractivity contribution in [3.63, 3.8) is 0 Å². The molecule has 0 saturated carbocycles. The van der Waals surface area contributed by atoms with E-state index in [1.807, 2.05) is 18.2 Å². The number of ether oxygens (including phenoxy) is 2. The van der Waals surface area contributed by atoms with Crippen molar-refractivity contribution in [3.05, 3.63) is 41.5 Å². The van der Waals surface area contributed by atoms with Crippen molar-refractivity contribution < 1.29 is 14.0 Å². The van der Waals surface area contributed by atoms with E-state index in [1.165, 1.54) is 5.56 Å². The van der Waals surface area contributed by atoms with Gasteiger partial charge in [0.1, 0.15) is 12.4 Å². The maximum absolute atomic E-state index is 5.78. The Morgan fingerprint density at radius 1 is 1.23 bits per heavy atom. The third kappa shape index (κ3) is 2.84. The van der Waals surface area contributed by atoms with E-state index in [9.17, 15) is 0 Å². The minimum atomic E-state index is 0.283. The van der Waals surface area contributed by atoms with Gasteiger partial charge in [0.25, 0.3) is 0 Å². The van der Waals surface area contributed by atoms with Crippen LogP contribution in [-0.2, 0) is 17.8 Å². The van der Waals surface area contributed by atoms with Crippen LogP contribution in [0.25, 0.3) is 0 Å². The Bertz CT molecular complexity index is 637. The quantitative estimate of drug-likeness (QED) is 0.864. The highest BCUT2D eigenvalue weighted by molar-refractivity contribution is 5.33. The Kier molecular flexibility index (Phi) is 3.78. The molecule has 22 heavy (non-hydrogen) atoms. The topological polar surface area (TPSA) is 60.6 Å². The summed E-state index contributed by atoms with van der Waals surface area (Å²) >= 11 is 0. The lowest BCUT2D eigenvalue weighted by Crippen LogP contribution is -2.25. The molecule has 0 bridgehead atoms. The van der Waals surface area contributed by atoms with Gasteiger partial charge in [-0.15, -0.1) is 0 Å². The molecule has 0 N–H and O–H groups in total. The van der Waals surface area contributed by atoms with Gasteiger partial charge in [0, 0.05) is 31.2 Å². The molecule has 2 aliphatic rings. The van der Waals surface area contributed by atoms with Crippen molar-refractivity contribution in [3.8, 4) is 5.75 Å². The van der Waals surface area contributed by atoms with Crippen molar-refractivity contribution in [1.29, 1.82) is 0 Å². The molecule has 0 amide bonds. The monoisotopic (exact) mass is 301 g/mol. The highest BCUT2D eigenvalue weighted by atomic mass is 16.5. The van der Waals surface area contributed by atoms with Gasteiger partial charge in [0.05, 0.1) is 13.2 Å². The molecule has 0 unspecified atom stereocenters. The van der Waals surface area contributed by atoms with Crippen LogP contribution in [0.2, 0.25) is 0 Å². The Hall–Kier alpha value is -1.92. The zero-order chi connectivity index (χ0) is 14.8. The van der Waals surface area contributed by atoms with Gasteiger partial charge in [0.2, 0.25) is 5.89 Å². The molecule has 0 spiro atoms. The van der Waals surface area contributed by atoms with E-state index in [0.29, 0.717) is 25.6 Å². The number of nitrogens with zero attached hydrogens (tertiary/aromatic N) is 3. The molecule has 1 fully saturated rings. The molecule has 6 nitrogen and oxygen atoms in total. The average molecular weight is 301 g/mol. The molecule has 1 saturated heterocycles. The van der Waals surface area contributed by atoms with Gasteiger partial charge < -0.3 is 14.0 Å². The van der Waals surface area contributed by atoms with E-state index in [4.69, 9.17) is 14.0 Å². The molecule has 3 heterocycles. The summed E-state index contributed by atoms with van der Waals surface area (Å²) in [5, 5.41) is 4.11. The molecule has 1 aromatic carbocycles. The summed E-state index contributed by atoms with van der Waals surface area (Å²) in [5.74, 6) is 2.70. The van der Waals surface area contributed by atoms with E-state index in [0.717, 1.165) is 37.7 Å². The maximum Gasteiger partial charge on any atom is 0.240 e. The van der Waals surface area contributed by atoms with E-state index >= 15 is 0 Å². The molecule has 0 radical (unpaired) electrons. The molecule has 2 aliphatic heterocycles. The van der Waals surface area contributed by atoms with Crippen LogP contribution in [0, 0.1) is 0 Å². The summed E-state index contributed by atoms with van der Waals surface area (Å²) in [6.45, 7) is 4.49. The predicted octanol–water partition coefficient (Wildman–Crippen LogP) is 1.97. The molecule has 6 heteroatoms. The standard InChI is InChI=1S/C16H19N3O3/c1-2-4-14-12(3-1)9-19(6-8-21-14)10-15-17-16(18-22-15)13-5-7-20-11-13/h1-4,13H,5-11H2/t13-/m1/s1. The number of hydrogen-bond acceptors (Lipinski definition) is 6. The van der Waals surface area contributed by atoms with Gasteiger partial charge in [-0.2, -0.15) is 4.98 Å². The number of benzene rings is 1. The molecular formula is C16H19N3O3. The molecular weight excluding hydrogens is 282 g/mol. The normalized spacial score (nSPS) is 22.1. The van der Waals surface area contributed by atoms with Crippen molar-refractivity contribution >= 4 is 0 Å². The third-order valence-electron chi connectivity index (χ3n) is 4.17. The zero-order valence-electron chi connectivity index (χ0n) is 12.4. The number of hydrogen-bond donors (Lipinski definition) is 0. The second kappa shape index (κ2) is 6.06. The van der Waals surface area contributed by atoms with Crippen LogP contribution in [0.15, 0.2) is 28.8 Å². The summed E-state index contributed by atoms with van der Waals surface area (Å²) in [7, 11) is 0. The van der Waals surface area contributed by atoms with E-state index in [2.05, 4.69) is 21.1 Å². The van der Waals surface area contributed by atoms with Gasteiger partial charge in [-0.1, -0.05) is 23.4 Å². The van der Waals surface area contributed by atoms with Gasteiger partial charge >= 0.3 is 0 Å². The number of para-hydroxylation sites is 1. The second-order valence-corrected chi connectivity index (χ2v) is 5.77. The minimum absolute atomic E-state index is 0.283.